The van der Waals surface area contributed by atoms with Gasteiger partial charge in [0.1, 0.15) is 12.4 Å². The minimum atomic E-state index is 0.0380. The van der Waals surface area contributed by atoms with E-state index < -0.39 is 0 Å². The van der Waals surface area contributed by atoms with Crippen molar-refractivity contribution in [2.45, 2.75) is 19.9 Å². The van der Waals surface area contributed by atoms with Crippen LogP contribution in [-0.2, 0) is 25.5 Å². The highest BCUT2D eigenvalue weighted by Crippen LogP contribution is 2.09. The van der Waals surface area contributed by atoms with Crippen LogP contribution in [0.3, 0.4) is 0 Å². The minimum Gasteiger partial charge on any atom is -0.382 e. The van der Waals surface area contributed by atoms with Crippen LogP contribution in [0.5, 0.6) is 0 Å². The van der Waals surface area contributed by atoms with E-state index >= 15 is 0 Å². The summed E-state index contributed by atoms with van der Waals surface area (Å²) >= 11 is 0. The molecule has 1 saturated heterocycles. The van der Waals surface area contributed by atoms with E-state index in [1.54, 1.807) is 7.11 Å². The Morgan fingerprint density at radius 1 is 1.16 bits per heavy atom. The molecule has 1 aliphatic heterocycles. The largest absolute Gasteiger partial charge is 0.382 e. The third kappa shape index (κ3) is 7.52. The van der Waals surface area contributed by atoms with Crippen LogP contribution in [0.1, 0.15) is 17.9 Å². The van der Waals surface area contributed by atoms with Crippen molar-refractivity contribution in [3.05, 3.63) is 17.5 Å². The number of carbonyl (C=O) groups excluding carboxylic acids is 1. The van der Waals surface area contributed by atoms with Crippen molar-refractivity contribution >= 4 is 5.91 Å². The van der Waals surface area contributed by atoms with E-state index in [9.17, 15) is 4.79 Å². The summed E-state index contributed by atoms with van der Waals surface area (Å²) in [6.07, 6.45) is 0.947. The van der Waals surface area contributed by atoms with Crippen LogP contribution >= 0.6 is 0 Å². The first-order chi connectivity index (χ1) is 12.2. The van der Waals surface area contributed by atoms with Gasteiger partial charge in [0.25, 0.3) is 0 Å². The number of aryl methyl sites for hydroxylation is 1. The van der Waals surface area contributed by atoms with Gasteiger partial charge in [-0.2, -0.15) is 0 Å². The van der Waals surface area contributed by atoms with Gasteiger partial charge in [-0.05, 0) is 13.3 Å². The molecular formula is C17H29N3O5. The number of rotatable bonds is 10. The third-order valence-electron chi connectivity index (χ3n) is 4.03. The molecule has 0 aromatic carbocycles. The highest BCUT2D eigenvalue weighted by molar-refractivity contribution is 5.77. The van der Waals surface area contributed by atoms with Crippen molar-refractivity contribution in [1.29, 1.82) is 0 Å². The van der Waals surface area contributed by atoms with Gasteiger partial charge in [-0.25, -0.2) is 0 Å². The fraction of sp³-hybridized carbons (Fsp3) is 0.765. The standard InChI is InChI=1S/C17H29N3O5/c1-15-12-16(18-25-15)13-19-4-3-5-20(7-6-19)17(21)14-24-11-10-23-9-8-22-2/h12H,3-11,13-14H2,1-2H3. The Balaban J connectivity index is 1.61. The van der Waals surface area contributed by atoms with Gasteiger partial charge in [0.15, 0.2) is 0 Å². The molecule has 0 radical (unpaired) electrons. The first-order valence-corrected chi connectivity index (χ1v) is 8.76. The molecule has 8 nitrogen and oxygen atoms in total. The van der Waals surface area contributed by atoms with E-state index in [2.05, 4.69) is 10.1 Å². The van der Waals surface area contributed by atoms with E-state index in [0.717, 1.165) is 44.1 Å². The van der Waals surface area contributed by atoms with Crippen LogP contribution in [-0.4, -0.2) is 87.2 Å². The monoisotopic (exact) mass is 355 g/mol. The van der Waals surface area contributed by atoms with E-state index in [1.807, 2.05) is 17.9 Å². The van der Waals surface area contributed by atoms with Crippen LogP contribution in [0.2, 0.25) is 0 Å². The number of hydrogen-bond donors (Lipinski definition) is 0. The molecule has 1 fully saturated rings. The lowest BCUT2D eigenvalue weighted by Gasteiger charge is -2.21. The van der Waals surface area contributed by atoms with Crippen molar-refractivity contribution in [3.8, 4) is 0 Å². The number of methoxy groups -OCH3 is 1. The van der Waals surface area contributed by atoms with E-state index in [-0.39, 0.29) is 12.5 Å². The summed E-state index contributed by atoms with van der Waals surface area (Å²) in [6, 6.07) is 1.95. The molecule has 0 aliphatic carbocycles. The highest BCUT2D eigenvalue weighted by Gasteiger charge is 2.19. The number of hydrogen-bond acceptors (Lipinski definition) is 7. The Hall–Kier alpha value is -1.48. The molecule has 0 saturated carbocycles. The fourth-order valence-corrected chi connectivity index (χ4v) is 2.71. The van der Waals surface area contributed by atoms with Crippen molar-refractivity contribution in [1.82, 2.24) is 15.0 Å². The minimum absolute atomic E-state index is 0.0380. The van der Waals surface area contributed by atoms with Gasteiger partial charge in [0.05, 0.1) is 32.1 Å². The first kappa shape index (κ1) is 19.8. The molecule has 8 heteroatoms. The van der Waals surface area contributed by atoms with E-state index in [0.29, 0.717) is 33.0 Å². The summed E-state index contributed by atoms with van der Waals surface area (Å²) in [5.74, 6) is 0.862. The van der Waals surface area contributed by atoms with Crippen LogP contribution < -0.4 is 0 Å². The lowest BCUT2D eigenvalue weighted by Crippen LogP contribution is -2.37. The molecule has 2 rings (SSSR count). The molecule has 25 heavy (non-hydrogen) atoms. The molecule has 1 amide bonds. The zero-order valence-corrected chi connectivity index (χ0v) is 15.2. The van der Waals surface area contributed by atoms with Gasteiger partial charge < -0.3 is 23.6 Å². The normalized spacial score (nSPS) is 16.2. The average molecular weight is 355 g/mol. The zero-order chi connectivity index (χ0) is 17.9. The topological polar surface area (TPSA) is 77.3 Å². The summed E-state index contributed by atoms with van der Waals surface area (Å²) in [5, 5.41) is 4.03. The average Bonchev–Trinajstić information content (AvgIpc) is 2.87. The van der Waals surface area contributed by atoms with Crippen LogP contribution in [0.25, 0.3) is 0 Å². The Morgan fingerprint density at radius 2 is 1.96 bits per heavy atom. The van der Waals surface area contributed by atoms with Crippen molar-refractivity contribution < 1.29 is 23.5 Å². The maximum Gasteiger partial charge on any atom is 0.248 e. The van der Waals surface area contributed by atoms with E-state index in [4.69, 9.17) is 18.7 Å². The Labute approximate surface area is 149 Å². The summed E-state index contributed by atoms with van der Waals surface area (Å²) in [4.78, 5) is 16.4. The molecule has 2 heterocycles. The van der Waals surface area contributed by atoms with Crippen LogP contribution in [0.15, 0.2) is 10.6 Å². The fourth-order valence-electron chi connectivity index (χ4n) is 2.71. The van der Waals surface area contributed by atoms with Gasteiger partial charge in [0.2, 0.25) is 5.91 Å². The Morgan fingerprint density at radius 3 is 2.72 bits per heavy atom. The molecule has 0 atom stereocenters. The van der Waals surface area contributed by atoms with Gasteiger partial charge >= 0.3 is 0 Å². The van der Waals surface area contributed by atoms with Gasteiger partial charge in [-0.1, -0.05) is 5.16 Å². The summed E-state index contributed by atoms with van der Waals surface area (Å²) < 4.78 is 20.7. The van der Waals surface area contributed by atoms with Crippen LogP contribution in [0, 0.1) is 6.92 Å². The Kier molecular flexibility index (Phi) is 8.89. The number of amides is 1. The number of nitrogens with zero attached hydrogens (tertiary/aromatic N) is 3. The third-order valence-corrected chi connectivity index (χ3v) is 4.03. The van der Waals surface area contributed by atoms with Gasteiger partial charge in [-0.3, -0.25) is 9.69 Å². The van der Waals surface area contributed by atoms with Crippen LogP contribution in [0.4, 0.5) is 0 Å². The second kappa shape index (κ2) is 11.2. The molecular weight excluding hydrogens is 326 g/mol. The lowest BCUT2D eigenvalue weighted by atomic mass is 10.3. The predicted molar refractivity (Wildman–Crippen MR) is 91.2 cm³/mol. The maximum absolute atomic E-state index is 12.2. The summed E-state index contributed by atoms with van der Waals surface area (Å²) in [7, 11) is 1.63. The van der Waals surface area contributed by atoms with Gasteiger partial charge in [-0.15, -0.1) is 0 Å². The SMILES string of the molecule is COCCOCCOCC(=O)N1CCCN(Cc2cc(C)on2)CC1. The summed E-state index contributed by atoms with van der Waals surface area (Å²) in [5.41, 5.74) is 0.939. The lowest BCUT2D eigenvalue weighted by molar-refractivity contribution is -0.136. The van der Waals surface area contributed by atoms with E-state index in [1.165, 1.54) is 0 Å². The first-order valence-electron chi connectivity index (χ1n) is 8.76. The molecule has 0 unspecified atom stereocenters. The van der Waals surface area contributed by atoms with Crippen molar-refractivity contribution in [2.75, 3.05) is 66.3 Å². The number of aromatic nitrogens is 1. The number of carbonyl (C=O) groups is 1. The molecule has 0 spiro atoms. The molecule has 0 bridgehead atoms. The molecule has 1 aromatic rings. The maximum atomic E-state index is 12.2. The molecule has 1 aromatic heterocycles. The predicted octanol–water partition coefficient (Wildman–Crippen LogP) is 0.697. The molecule has 1 aliphatic rings. The molecule has 142 valence electrons. The Bertz CT molecular complexity index is 508. The second-order valence-electron chi connectivity index (χ2n) is 6.10. The van der Waals surface area contributed by atoms with Crippen molar-refractivity contribution in [2.24, 2.45) is 0 Å². The smallest absolute Gasteiger partial charge is 0.248 e. The second-order valence-corrected chi connectivity index (χ2v) is 6.10. The van der Waals surface area contributed by atoms with Gasteiger partial charge in [0, 0.05) is 45.9 Å². The number of ether oxygens (including phenoxy) is 3. The zero-order valence-electron chi connectivity index (χ0n) is 15.2. The van der Waals surface area contributed by atoms with Crippen molar-refractivity contribution in [3.63, 3.8) is 0 Å². The quantitative estimate of drug-likeness (QED) is 0.572. The highest BCUT2D eigenvalue weighted by atomic mass is 16.5. The summed E-state index contributed by atoms with van der Waals surface area (Å²) in [6.45, 7) is 8.01. The molecule has 0 N–H and O–H groups in total.